The zero-order valence-corrected chi connectivity index (χ0v) is 17.3. The number of para-hydroxylation sites is 1. The Labute approximate surface area is 176 Å². The van der Waals surface area contributed by atoms with E-state index in [2.05, 4.69) is 6.07 Å². The van der Waals surface area contributed by atoms with Gasteiger partial charge in [-0.1, -0.05) is 30.4 Å². The second-order valence-corrected chi connectivity index (χ2v) is 8.83. The fourth-order valence-electron chi connectivity index (χ4n) is 5.11. The van der Waals surface area contributed by atoms with Gasteiger partial charge in [0.05, 0.1) is 12.7 Å². The third-order valence-corrected chi connectivity index (χ3v) is 7.19. The van der Waals surface area contributed by atoms with Crippen LogP contribution in [-0.4, -0.2) is 64.0 Å². The molecule has 0 amide bonds. The number of aliphatic hydroxyl groups is 1. The number of nitrogens with zero attached hydrogens (tertiary/aromatic N) is 2. The minimum absolute atomic E-state index is 0.0839. The number of benzene rings is 1. The van der Waals surface area contributed by atoms with Gasteiger partial charge in [0.1, 0.15) is 30.0 Å². The van der Waals surface area contributed by atoms with Crippen molar-refractivity contribution in [2.75, 3.05) is 26.4 Å². The summed E-state index contributed by atoms with van der Waals surface area (Å²) < 4.78 is 12.3. The smallest absolute Gasteiger partial charge is 0.266 e. The minimum Gasteiger partial charge on any atom is -0.486 e. The molecule has 1 saturated carbocycles. The summed E-state index contributed by atoms with van der Waals surface area (Å²) in [5, 5.41) is 22.0. The van der Waals surface area contributed by atoms with Crippen molar-refractivity contribution in [1.82, 2.24) is 4.90 Å². The van der Waals surface area contributed by atoms with Gasteiger partial charge in [0.25, 0.3) is 5.54 Å². The first kappa shape index (κ1) is 20.5. The largest absolute Gasteiger partial charge is 0.486 e. The van der Waals surface area contributed by atoms with E-state index >= 15 is 0 Å². The normalized spacial score (nSPS) is 32.8. The summed E-state index contributed by atoms with van der Waals surface area (Å²) in [5.41, 5.74) is -0.254. The molecule has 3 heterocycles. The van der Waals surface area contributed by atoms with Crippen LogP contribution in [0.2, 0.25) is 0 Å². The molecule has 0 radical (unpaired) electrons. The number of thiocarbonyl (C=S) groups is 1. The average Bonchev–Trinajstić information content (AvgIpc) is 2.77. The average molecular weight is 421 g/mol. The molecule has 4 aliphatic rings. The van der Waals surface area contributed by atoms with E-state index in [-0.39, 0.29) is 24.2 Å². The van der Waals surface area contributed by atoms with E-state index in [0.29, 0.717) is 30.3 Å². The summed E-state index contributed by atoms with van der Waals surface area (Å²) in [6, 6.07) is 7.50. The van der Waals surface area contributed by atoms with E-state index < -0.39 is 18.2 Å². The van der Waals surface area contributed by atoms with E-state index in [1.54, 1.807) is 0 Å². The second-order valence-electron chi connectivity index (χ2n) is 8.36. The fraction of sp³-hybridized carbons (Fsp3) is 0.667. The molecule has 2 atom stereocenters. The number of aliphatic hydroxyl groups excluding tert-OH is 1. The lowest BCUT2D eigenvalue weighted by Gasteiger charge is -2.44. The monoisotopic (exact) mass is 420 g/mol. The van der Waals surface area contributed by atoms with Crippen LogP contribution in [-0.2, 0) is 4.74 Å². The van der Waals surface area contributed by atoms with Crippen LogP contribution in [0.3, 0.4) is 0 Å². The Bertz CT molecular complexity index is 767. The SMILES string of the molecule is O=[N+]([O-])C1(CO)CCCN2C(=S)COc3ccccc3C3CCC(CC3)OCC21. The lowest BCUT2D eigenvalue weighted by atomic mass is 9.81. The van der Waals surface area contributed by atoms with Crippen LogP contribution >= 0.6 is 12.2 Å². The van der Waals surface area contributed by atoms with Gasteiger partial charge in [-0.05, 0) is 49.7 Å². The number of ether oxygens (including phenoxy) is 2. The minimum atomic E-state index is -1.46. The maximum absolute atomic E-state index is 12.0. The van der Waals surface area contributed by atoms with Gasteiger partial charge in [-0.25, -0.2) is 0 Å². The van der Waals surface area contributed by atoms with Crippen LogP contribution in [0.5, 0.6) is 5.75 Å². The number of fused-ring (bicyclic) bond motifs is 5. The van der Waals surface area contributed by atoms with E-state index in [1.807, 2.05) is 23.1 Å². The van der Waals surface area contributed by atoms with Crippen molar-refractivity contribution >= 4 is 17.2 Å². The van der Waals surface area contributed by atoms with E-state index in [1.165, 1.54) is 5.56 Å². The van der Waals surface area contributed by atoms with E-state index in [4.69, 9.17) is 21.7 Å². The first-order chi connectivity index (χ1) is 14.0. The van der Waals surface area contributed by atoms with Crippen molar-refractivity contribution < 1.29 is 19.5 Å². The van der Waals surface area contributed by atoms with Crippen LogP contribution in [0, 0.1) is 10.1 Å². The Hall–Kier alpha value is -1.77. The van der Waals surface area contributed by atoms with Gasteiger partial charge in [0.2, 0.25) is 0 Å². The highest BCUT2D eigenvalue weighted by Crippen LogP contribution is 2.39. The third-order valence-electron chi connectivity index (χ3n) is 6.84. The molecule has 1 saturated heterocycles. The van der Waals surface area contributed by atoms with Gasteiger partial charge in [-0.15, -0.1) is 0 Å². The molecule has 2 fully saturated rings. The Morgan fingerprint density at radius 1 is 1.28 bits per heavy atom. The quantitative estimate of drug-likeness (QED) is 0.447. The van der Waals surface area contributed by atoms with Crippen molar-refractivity contribution in [3.8, 4) is 5.75 Å². The molecule has 7 nitrogen and oxygen atoms in total. The predicted molar refractivity (Wildman–Crippen MR) is 112 cm³/mol. The van der Waals surface area contributed by atoms with Crippen molar-refractivity contribution in [3.63, 3.8) is 0 Å². The first-order valence-electron chi connectivity index (χ1n) is 10.4. The summed E-state index contributed by atoms with van der Waals surface area (Å²) in [5.74, 6) is 1.27. The predicted octanol–water partition coefficient (Wildman–Crippen LogP) is 2.92. The summed E-state index contributed by atoms with van der Waals surface area (Å²) in [6.07, 6.45) is 4.84. The molecule has 3 aliphatic heterocycles. The maximum atomic E-state index is 12.0. The highest BCUT2D eigenvalue weighted by molar-refractivity contribution is 7.80. The zero-order valence-electron chi connectivity index (χ0n) is 16.5. The van der Waals surface area contributed by atoms with Crippen LogP contribution in [0.15, 0.2) is 24.3 Å². The fourth-order valence-corrected chi connectivity index (χ4v) is 5.38. The van der Waals surface area contributed by atoms with Gasteiger partial charge < -0.3 is 19.5 Å². The molecule has 0 spiro atoms. The number of nitro groups is 1. The Kier molecular flexibility index (Phi) is 6.03. The molecule has 158 valence electrons. The molecular formula is C21H28N2O5S. The van der Waals surface area contributed by atoms with Gasteiger partial charge >= 0.3 is 0 Å². The molecule has 1 aromatic carbocycles. The van der Waals surface area contributed by atoms with E-state index in [0.717, 1.165) is 31.4 Å². The van der Waals surface area contributed by atoms with Crippen LogP contribution in [0.25, 0.3) is 0 Å². The first-order valence-corrected chi connectivity index (χ1v) is 10.8. The lowest BCUT2D eigenvalue weighted by molar-refractivity contribution is -0.586. The third kappa shape index (κ3) is 3.85. The topological polar surface area (TPSA) is 85.1 Å². The molecule has 1 N–H and O–H groups in total. The van der Waals surface area contributed by atoms with E-state index in [9.17, 15) is 15.2 Å². The van der Waals surface area contributed by atoms with Gasteiger partial charge in [-0.3, -0.25) is 10.1 Å². The maximum Gasteiger partial charge on any atom is 0.266 e. The van der Waals surface area contributed by atoms with Crippen molar-refractivity contribution in [2.24, 2.45) is 0 Å². The molecule has 1 aromatic rings. The Morgan fingerprint density at radius 3 is 2.76 bits per heavy atom. The van der Waals surface area contributed by atoms with Crippen molar-refractivity contribution in [1.29, 1.82) is 0 Å². The highest BCUT2D eigenvalue weighted by atomic mass is 32.1. The molecule has 2 unspecified atom stereocenters. The molecule has 29 heavy (non-hydrogen) atoms. The summed E-state index contributed by atoms with van der Waals surface area (Å²) in [4.78, 5) is 14.1. The molecule has 8 heteroatoms. The van der Waals surface area contributed by atoms with Crippen molar-refractivity contribution in [3.05, 3.63) is 39.9 Å². The Morgan fingerprint density at radius 2 is 2.03 bits per heavy atom. The molecule has 1 aliphatic carbocycles. The van der Waals surface area contributed by atoms with Crippen LogP contribution in [0.1, 0.15) is 50.0 Å². The summed E-state index contributed by atoms with van der Waals surface area (Å²) in [6.45, 7) is 0.479. The lowest BCUT2D eigenvalue weighted by Crippen LogP contribution is -2.66. The van der Waals surface area contributed by atoms with Gasteiger partial charge in [0.15, 0.2) is 0 Å². The van der Waals surface area contributed by atoms with Gasteiger partial charge in [0, 0.05) is 17.9 Å². The second kappa shape index (κ2) is 8.53. The standard InChI is InChI=1S/C21H28N2O5S/c24-14-21(23(25)26)10-3-11-22-19(21)12-27-16-8-6-15(7-9-16)17-4-1-2-5-18(17)28-13-20(22)29/h1-2,4-5,15-16,19,24H,3,6-14H2. The Balaban J connectivity index is 1.67. The molecule has 0 aromatic heterocycles. The number of piperidine rings is 1. The number of rotatable bonds is 2. The van der Waals surface area contributed by atoms with Gasteiger partial charge in [-0.2, -0.15) is 0 Å². The zero-order chi connectivity index (χ0) is 20.4. The molecular weight excluding hydrogens is 392 g/mol. The molecule has 2 bridgehead atoms. The summed E-state index contributed by atoms with van der Waals surface area (Å²) in [7, 11) is 0. The number of hydrogen-bond donors (Lipinski definition) is 1. The summed E-state index contributed by atoms with van der Waals surface area (Å²) >= 11 is 5.65. The van der Waals surface area contributed by atoms with Crippen LogP contribution in [0.4, 0.5) is 0 Å². The van der Waals surface area contributed by atoms with Crippen molar-refractivity contribution in [2.45, 2.75) is 62.1 Å². The van der Waals surface area contributed by atoms with Crippen LogP contribution < -0.4 is 4.74 Å². The highest BCUT2D eigenvalue weighted by Gasteiger charge is 2.55. The number of hydrogen-bond acceptors (Lipinski definition) is 6. The molecule has 5 rings (SSSR count).